The molecule has 0 spiro atoms. The molecule has 10 heavy (non-hydrogen) atoms. The second-order valence-corrected chi connectivity index (χ2v) is 2.81. The van der Waals surface area contributed by atoms with Gasteiger partial charge in [0.15, 0.2) is 0 Å². The standard InChI is InChI=1S/C9H16O/c1-2-3-4-5-6-7-9-8-10-9/h2-3,9H,4-8H2,1H3. The Balaban J connectivity index is 1.76. The van der Waals surface area contributed by atoms with Gasteiger partial charge < -0.3 is 4.74 Å². The van der Waals surface area contributed by atoms with Gasteiger partial charge in [-0.2, -0.15) is 0 Å². The Kier molecular flexibility index (Phi) is 3.52. The van der Waals surface area contributed by atoms with Crippen molar-refractivity contribution in [2.45, 2.75) is 38.7 Å². The number of unbranched alkanes of at least 4 members (excludes halogenated alkanes) is 2. The lowest BCUT2D eigenvalue weighted by atomic mass is 10.1. The lowest BCUT2D eigenvalue weighted by molar-refractivity contribution is 0.390. The predicted molar refractivity (Wildman–Crippen MR) is 43.0 cm³/mol. The first kappa shape index (κ1) is 7.80. The van der Waals surface area contributed by atoms with Crippen LogP contribution in [0, 0.1) is 0 Å². The van der Waals surface area contributed by atoms with Gasteiger partial charge in [0.1, 0.15) is 0 Å². The molecule has 58 valence electrons. The largest absolute Gasteiger partial charge is 0.373 e. The van der Waals surface area contributed by atoms with Crippen molar-refractivity contribution in [2.75, 3.05) is 6.61 Å². The van der Waals surface area contributed by atoms with Crippen molar-refractivity contribution >= 4 is 0 Å². The number of hydrogen-bond acceptors (Lipinski definition) is 1. The van der Waals surface area contributed by atoms with E-state index in [1.54, 1.807) is 0 Å². The SMILES string of the molecule is CC=CCCCCC1CO1. The van der Waals surface area contributed by atoms with Crippen LogP contribution in [0.25, 0.3) is 0 Å². The Morgan fingerprint density at radius 2 is 2.30 bits per heavy atom. The zero-order chi connectivity index (χ0) is 7.23. The van der Waals surface area contributed by atoms with Gasteiger partial charge in [-0.25, -0.2) is 0 Å². The summed E-state index contributed by atoms with van der Waals surface area (Å²) in [6.07, 6.45) is 10.1. The molecule has 1 nitrogen and oxygen atoms in total. The zero-order valence-electron chi connectivity index (χ0n) is 6.68. The zero-order valence-corrected chi connectivity index (χ0v) is 6.68. The van der Waals surface area contributed by atoms with Crippen molar-refractivity contribution in [1.29, 1.82) is 0 Å². The maximum absolute atomic E-state index is 5.10. The van der Waals surface area contributed by atoms with Crippen molar-refractivity contribution in [3.8, 4) is 0 Å². The van der Waals surface area contributed by atoms with Gasteiger partial charge in [-0.15, -0.1) is 0 Å². The van der Waals surface area contributed by atoms with Gasteiger partial charge in [0.2, 0.25) is 0 Å². The smallest absolute Gasteiger partial charge is 0.0810 e. The molecule has 0 aromatic carbocycles. The minimum Gasteiger partial charge on any atom is -0.373 e. The van der Waals surface area contributed by atoms with Crippen LogP contribution in [0.2, 0.25) is 0 Å². The number of ether oxygens (including phenoxy) is 1. The molecule has 1 heteroatoms. The van der Waals surface area contributed by atoms with Crippen LogP contribution in [-0.2, 0) is 4.74 Å². The van der Waals surface area contributed by atoms with E-state index in [9.17, 15) is 0 Å². The van der Waals surface area contributed by atoms with E-state index in [1.165, 1.54) is 25.7 Å². The highest BCUT2D eigenvalue weighted by molar-refractivity contribution is 4.77. The van der Waals surface area contributed by atoms with Crippen molar-refractivity contribution in [3.63, 3.8) is 0 Å². The highest BCUT2D eigenvalue weighted by Gasteiger charge is 2.20. The van der Waals surface area contributed by atoms with E-state index < -0.39 is 0 Å². The first-order valence-corrected chi connectivity index (χ1v) is 4.16. The molecule has 0 aromatic rings. The van der Waals surface area contributed by atoms with Gasteiger partial charge in [-0.05, 0) is 26.2 Å². The monoisotopic (exact) mass is 140 g/mol. The average Bonchev–Trinajstić information content (AvgIpc) is 2.71. The summed E-state index contributed by atoms with van der Waals surface area (Å²) in [5, 5.41) is 0. The summed E-state index contributed by atoms with van der Waals surface area (Å²) in [5.41, 5.74) is 0. The minimum atomic E-state index is 0.630. The molecule has 0 N–H and O–H groups in total. The summed E-state index contributed by atoms with van der Waals surface area (Å²) in [6.45, 7) is 3.09. The quantitative estimate of drug-likeness (QED) is 0.325. The lowest BCUT2D eigenvalue weighted by Gasteiger charge is -1.92. The molecule has 0 amide bonds. The minimum absolute atomic E-state index is 0.630. The van der Waals surface area contributed by atoms with Gasteiger partial charge >= 0.3 is 0 Å². The molecular weight excluding hydrogens is 124 g/mol. The van der Waals surface area contributed by atoms with E-state index in [1.807, 2.05) is 0 Å². The molecule has 1 aliphatic heterocycles. The topological polar surface area (TPSA) is 12.5 Å². The summed E-state index contributed by atoms with van der Waals surface area (Å²) in [4.78, 5) is 0. The summed E-state index contributed by atoms with van der Waals surface area (Å²) in [5.74, 6) is 0. The number of hydrogen-bond donors (Lipinski definition) is 0. The number of rotatable bonds is 5. The van der Waals surface area contributed by atoms with Gasteiger partial charge in [0.05, 0.1) is 12.7 Å². The Morgan fingerprint density at radius 1 is 1.50 bits per heavy atom. The fraction of sp³-hybridized carbons (Fsp3) is 0.778. The predicted octanol–water partition coefficient (Wildman–Crippen LogP) is 2.52. The third-order valence-corrected chi connectivity index (χ3v) is 1.78. The molecule has 0 radical (unpaired) electrons. The van der Waals surface area contributed by atoms with Gasteiger partial charge in [-0.3, -0.25) is 0 Å². The summed E-state index contributed by atoms with van der Waals surface area (Å²) in [6, 6.07) is 0. The first-order valence-electron chi connectivity index (χ1n) is 4.16. The third-order valence-electron chi connectivity index (χ3n) is 1.78. The van der Waals surface area contributed by atoms with Gasteiger partial charge in [0.25, 0.3) is 0 Å². The Morgan fingerprint density at radius 3 is 2.90 bits per heavy atom. The van der Waals surface area contributed by atoms with Gasteiger partial charge in [0, 0.05) is 0 Å². The van der Waals surface area contributed by atoms with Crippen molar-refractivity contribution in [3.05, 3.63) is 12.2 Å². The van der Waals surface area contributed by atoms with E-state index in [2.05, 4.69) is 19.1 Å². The second-order valence-electron chi connectivity index (χ2n) is 2.81. The summed E-state index contributed by atoms with van der Waals surface area (Å²) in [7, 11) is 0. The Labute approximate surface area is 63.1 Å². The fourth-order valence-electron chi connectivity index (χ4n) is 1.04. The van der Waals surface area contributed by atoms with Crippen LogP contribution in [0.15, 0.2) is 12.2 Å². The van der Waals surface area contributed by atoms with Crippen molar-refractivity contribution < 1.29 is 4.74 Å². The van der Waals surface area contributed by atoms with Crippen LogP contribution in [0.4, 0.5) is 0 Å². The molecule has 1 rings (SSSR count). The Hall–Kier alpha value is -0.300. The average molecular weight is 140 g/mol. The van der Waals surface area contributed by atoms with E-state index in [0.717, 1.165) is 6.61 Å². The van der Waals surface area contributed by atoms with Crippen LogP contribution in [0.1, 0.15) is 32.6 Å². The van der Waals surface area contributed by atoms with E-state index in [-0.39, 0.29) is 0 Å². The lowest BCUT2D eigenvalue weighted by Crippen LogP contribution is -1.83. The molecule has 1 atom stereocenters. The van der Waals surface area contributed by atoms with Crippen LogP contribution in [0.5, 0.6) is 0 Å². The van der Waals surface area contributed by atoms with Crippen molar-refractivity contribution in [1.82, 2.24) is 0 Å². The highest BCUT2D eigenvalue weighted by atomic mass is 16.6. The molecule has 1 fully saturated rings. The molecule has 1 aliphatic rings. The molecule has 0 aliphatic carbocycles. The Bertz CT molecular complexity index is 103. The molecule has 1 saturated heterocycles. The van der Waals surface area contributed by atoms with E-state index in [0.29, 0.717) is 6.10 Å². The van der Waals surface area contributed by atoms with Crippen LogP contribution < -0.4 is 0 Å². The van der Waals surface area contributed by atoms with Crippen LogP contribution in [-0.4, -0.2) is 12.7 Å². The second kappa shape index (κ2) is 4.51. The molecule has 0 saturated carbocycles. The number of allylic oxidation sites excluding steroid dienone is 2. The first-order chi connectivity index (χ1) is 4.93. The molecule has 1 unspecified atom stereocenters. The fourth-order valence-corrected chi connectivity index (χ4v) is 1.04. The summed E-state index contributed by atoms with van der Waals surface area (Å²) < 4.78 is 5.10. The van der Waals surface area contributed by atoms with Gasteiger partial charge in [-0.1, -0.05) is 18.6 Å². The van der Waals surface area contributed by atoms with Crippen LogP contribution in [0.3, 0.4) is 0 Å². The molecule has 0 aromatic heterocycles. The van der Waals surface area contributed by atoms with Crippen LogP contribution >= 0.6 is 0 Å². The van der Waals surface area contributed by atoms with Crippen molar-refractivity contribution in [2.24, 2.45) is 0 Å². The van der Waals surface area contributed by atoms with E-state index in [4.69, 9.17) is 4.74 Å². The normalized spacial score (nSPS) is 23.9. The number of epoxide rings is 1. The maximum atomic E-state index is 5.10. The molecule has 0 bridgehead atoms. The molecule has 1 heterocycles. The highest BCUT2D eigenvalue weighted by Crippen LogP contribution is 2.16. The third kappa shape index (κ3) is 3.67. The summed E-state index contributed by atoms with van der Waals surface area (Å²) >= 11 is 0. The maximum Gasteiger partial charge on any atom is 0.0810 e. The molecular formula is C9H16O. The van der Waals surface area contributed by atoms with E-state index >= 15 is 0 Å².